The maximum Gasteiger partial charge on any atom is 0.493 e. The van der Waals surface area contributed by atoms with E-state index in [2.05, 4.69) is 4.98 Å². The number of nitrogens with zero attached hydrogens (tertiary/aromatic N) is 2. The first-order valence-electron chi connectivity index (χ1n) is 7.15. The lowest BCUT2D eigenvalue weighted by atomic mass is 9.75. The summed E-state index contributed by atoms with van der Waals surface area (Å²) in [5.41, 5.74) is -1.73. The van der Waals surface area contributed by atoms with E-state index in [-0.39, 0.29) is 5.69 Å². The smallest absolute Gasteiger partial charge is 0.423 e. The molecule has 0 atom stereocenters. The number of nitro groups is 1. The van der Waals surface area contributed by atoms with Crippen LogP contribution in [0, 0.1) is 10.1 Å². The molecule has 0 spiro atoms. The van der Waals surface area contributed by atoms with Gasteiger partial charge in [-0.25, -0.2) is 0 Å². The van der Waals surface area contributed by atoms with Crippen LogP contribution in [0.15, 0.2) is 30.5 Å². The molecule has 2 N–H and O–H groups in total. The van der Waals surface area contributed by atoms with E-state index in [1.165, 1.54) is 18.3 Å². The summed E-state index contributed by atoms with van der Waals surface area (Å²) in [6.45, 7) is 6.45. The van der Waals surface area contributed by atoms with Gasteiger partial charge in [-0.05, 0) is 39.8 Å². The Morgan fingerprint density at radius 2 is 1.91 bits per heavy atom. The first-order chi connectivity index (χ1) is 10.5. The molecule has 0 fully saturated rings. The summed E-state index contributed by atoms with van der Waals surface area (Å²) in [6.07, 6.45) is 1.49. The van der Waals surface area contributed by atoms with Crippen LogP contribution in [0.3, 0.4) is 0 Å². The fourth-order valence-corrected chi connectivity index (χ4v) is 2.02. The number of pyridine rings is 1. The summed E-state index contributed by atoms with van der Waals surface area (Å²) >= 11 is 0. The second kappa shape index (κ2) is 5.88. The third-order valence-electron chi connectivity index (χ3n) is 4.12. The number of hydrogen-bond donors (Lipinski definition) is 2. The predicted molar refractivity (Wildman–Crippen MR) is 87.5 cm³/mol. The van der Waals surface area contributed by atoms with Gasteiger partial charge < -0.3 is 14.8 Å². The van der Waals surface area contributed by atoms with Gasteiger partial charge in [0, 0.05) is 17.7 Å². The molecule has 0 bridgehead atoms. The highest BCUT2D eigenvalue weighted by Gasteiger charge is 2.40. The van der Waals surface area contributed by atoms with Crippen LogP contribution in [0.2, 0.25) is 0 Å². The molecular weight excluding hydrogens is 299 g/mol. The zero-order valence-corrected chi connectivity index (χ0v) is 13.5. The average molecular weight is 318 g/mol. The Kier molecular flexibility index (Phi) is 4.43. The molecule has 0 saturated heterocycles. The van der Waals surface area contributed by atoms with Gasteiger partial charge in [0.15, 0.2) is 0 Å². The highest BCUT2D eigenvalue weighted by molar-refractivity contribution is 6.63. The van der Waals surface area contributed by atoms with Crippen molar-refractivity contribution in [1.82, 2.24) is 4.98 Å². The second-order valence-electron chi connectivity index (χ2n) is 6.37. The lowest BCUT2D eigenvalue weighted by Gasteiger charge is -2.38. The minimum Gasteiger partial charge on any atom is -0.423 e. The van der Waals surface area contributed by atoms with Crippen molar-refractivity contribution in [3.05, 3.63) is 40.6 Å². The summed E-state index contributed by atoms with van der Waals surface area (Å²) in [6, 6.07) is 5.88. The Morgan fingerprint density at radius 3 is 2.48 bits per heavy atom. The average Bonchev–Trinajstić information content (AvgIpc) is 2.44. The van der Waals surface area contributed by atoms with Crippen LogP contribution in [0.25, 0.3) is 10.9 Å². The second-order valence-corrected chi connectivity index (χ2v) is 6.37. The molecule has 1 heterocycles. The molecule has 0 radical (unpaired) electrons. The molecule has 2 aromatic rings. The van der Waals surface area contributed by atoms with Gasteiger partial charge in [0.05, 0.1) is 27.0 Å². The van der Waals surface area contributed by atoms with Crippen LogP contribution in [-0.4, -0.2) is 38.4 Å². The molecule has 0 amide bonds. The van der Waals surface area contributed by atoms with E-state index < -0.39 is 23.2 Å². The first-order valence-corrected chi connectivity index (χ1v) is 7.15. The molecule has 0 aliphatic rings. The van der Waals surface area contributed by atoms with Crippen molar-refractivity contribution >= 4 is 29.2 Å². The molecule has 8 heteroatoms. The minimum atomic E-state index is -1.38. The molecule has 122 valence electrons. The summed E-state index contributed by atoms with van der Waals surface area (Å²) in [4.78, 5) is 14.7. The maximum atomic E-state index is 11.1. The fourth-order valence-electron chi connectivity index (χ4n) is 2.02. The van der Waals surface area contributed by atoms with E-state index in [4.69, 9.17) is 4.65 Å². The number of aromatic nitrogens is 1. The Balaban J connectivity index is 2.49. The Morgan fingerprint density at radius 1 is 1.26 bits per heavy atom. The SMILES string of the molecule is CC(C)(O)C(C)(C)OB(O)c1ccc([N+](=O)[O-])c2cccnc12. The van der Waals surface area contributed by atoms with Crippen molar-refractivity contribution in [1.29, 1.82) is 0 Å². The van der Waals surface area contributed by atoms with Gasteiger partial charge in [0.2, 0.25) is 0 Å². The van der Waals surface area contributed by atoms with E-state index in [0.717, 1.165) is 0 Å². The van der Waals surface area contributed by atoms with Crippen molar-refractivity contribution in [2.45, 2.75) is 38.9 Å². The van der Waals surface area contributed by atoms with Crippen LogP contribution < -0.4 is 5.46 Å². The summed E-state index contributed by atoms with van der Waals surface area (Å²) in [7, 11) is -1.38. The van der Waals surface area contributed by atoms with Gasteiger partial charge in [-0.1, -0.05) is 6.07 Å². The number of non-ortho nitro benzene ring substituents is 1. The van der Waals surface area contributed by atoms with Gasteiger partial charge in [-0.2, -0.15) is 0 Å². The monoisotopic (exact) mass is 318 g/mol. The van der Waals surface area contributed by atoms with Gasteiger partial charge in [0.1, 0.15) is 0 Å². The quantitative estimate of drug-likeness (QED) is 0.490. The first kappa shape index (κ1) is 17.3. The van der Waals surface area contributed by atoms with Crippen molar-refractivity contribution in [3.63, 3.8) is 0 Å². The van der Waals surface area contributed by atoms with Crippen molar-refractivity contribution in [3.8, 4) is 0 Å². The van der Waals surface area contributed by atoms with E-state index in [1.54, 1.807) is 39.8 Å². The number of rotatable bonds is 5. The van der Waals surface area contributed by atoms with E-state index in [0.29, 0.717) is 16.4 Å². The Hall–Kier alpha value is -2.03. The normalized spacial score (nSPS) is 12.4. The highest BCUT2D eigenvalue weighted by Crippen LogP contribution is 2.27. The zero-order chi connectivity index (χ0) is 17.4. The molecule has 7 nitrogen and oxygen atoms in total. The fraction of sp³-hybridized carbons (Fsp3) is 0.400. The van der Waals surface area contributed by atoms with Crippen LogP contribution in [0.5, 0.6) is 0 Å². The van der Waals surface area contributed by atoms with Gasteiger partial charge in [-0.15, -0.1) is 0 Å². The number of benzene rings is 1. The van der Waals surface area contributed by atoms with Crippen LogP contribution in [0.1, 0.15) is 27.7 Å². The molecule has 0 aliphatic heterocycles. The number of fused-ring (bicyclic) bond motifs is 1. The summed E-state index contributed by atoms with van der Waals surface area (Å²) < 4.78 is 5.59. The summed E-state index contributed by atoms with van der Waals surface area (Å²) in [5.74, 6) is 0. The van der Waals surface area contributed by atoms with Crippen LogP contribution in [-0.2, 0) is 4.65 Å². The van der Waals surface area contributed by atoms with E-state index >= 15 is 0 Å². The Labute approximate surface area is 134 Å². The lowest BCUT2D eigenvalue weighted by molar-refractivity contribution is -0.383. The zero-order valence-electron chi connectivity index (χ0n) is 13.5. The summed E-state index contributed by atoms with van der Waals surface area (Å²) in [5, 5.41) is 32.0. The molecule has 0 aliphatic carbocycles. The third kappa shape index (κ3) is 3.34. The largest absolute Gasteiger partial charge is 0.493 e. The van der Waals surface area contributed by atoms with Crippen LogP contribution in [0.4, 0.5) is 5.69 Å². The molecule has 2 rings (SSSR count). The van der Waals surface area contributed by atoms with Crippen LogP contribution >= 0.6 is 0 Å². The predicted octanol–water partition coefficient (Wildman–Crippen LogP) is 1.40. The van der Waals surface area contributed by atoms with Crippen molar-refractivity contribution in [2.24, 2.45) is 0 Å². The molecule has 23 heavy (non-hydrogen) atoms. The highest BCUT2D eigenvalue weighted by atomic mass is 16.6. The topological polar surface area (TPSA) is 106 Å². The minimum absolute atomic E-state index is 0.0919. The molecule has 1 aromatic heterocycles. The van der Waals surface area contributed by atoms with Gasteiger partial charge >= 0.3 is 7.12 Å². The molecule has 1 aromatic carbocycles. The molecule has 0 saturated carbocycles. The molecule has 0 unspecified atom stereocenters. The van der Waals surface area contributed by atoms with E-state index in [9.17, 15) is 20.2 Å². The Bertz CT molecular complexity index is 742. The van der Waals surface area contributed by atoms with E-state index in [1.807, 2.05) is 0 Å². The number of hydrogen-bond acceptors (Lipinski definition) is 6. The number of nitro benzene ring substituents is 1. The van der Waals surface area contributed by atoms with Gasteiger partial charge in [-0.3, -0.25) is 15.1 Å². The third-order valence-corrected chi connectivity index (χ3v) is 4.12. The standard InChI is InChI=1S/C15H19BN2O5/c1-14(2,19)15(3,4)23-16(20)11-7-8-12(18(21)22)10-6-5-9-17-13(10)11/h5-9,19-20H,1-4H3. The maximum absolute atomic E-state index is 11.1. The number of aliphatic hydroxyl groups is 1. The van der Waals surface area contributed by atoms with Crippen molar-refractivity contribution < 1.29 is 19.7 Å². The van der Waals surface area contributed by atoms with Gasteiger partial charge in [0.25, 0.3) is 5.69 Å². The van der Waals surface area contributed by atoms with Crippen molar-refractivity contribution in [2.75, 3.05) is 0 Å². The lowest BCUT2D eigenvalue weighted by Crippen LogP contribution is -2.53. The molecular formula is C15H19BN2O5.